The molecule has 0 spiro atoms. The molecule has 158 valence electrons. The van der Waals surface area contributed by atoms with Gasteiger partial charge in [-0.2, -0.15) is 0 Å². The lowest BCUT2D eigenvalue weighted by atomic mass is 10.2. The van der Waals surface area contributed by atoms with Crippen LogP contribution in [0.4, 0.5) is 0 Å². The third-order valence-electron chi connectivity index (χ3n) is 5.13. The Labute approximate surface area is 177 Å². The summed E-state index contributed by atoms with van der Waals surface area (Å²) in [7, 11) is 3.47. The molecule has 1 saturated heterocycles. The first-order chi connectivity index (χ1) is 14.2. The summed E-state index contributed by atoms with van der Waals surface area (Å²) in [4.78, 5) is 8.38. The SMILES string of the molecule is CCOc1ccc(CNC(=NC)NCC(c2cccs2)N2CCCC2)cc1OC. The number of rotatable bonds is 9. The van der Waals surface area contributed by atoms with E-state index in [4.69, 9.17) is 9.47 Å². The molecular formula is C22H32N4O2S. The molecule has 1 atom stereocenters. The van der Waals surface area contributed by atoms with Crippen molar-refractivity contribution >= 4 is 17.3 Å². The lowest BCUT2D eigenvalue weighted by Crippen LogP contribution is -2.42. The zero-order valence-corrected chi connectivity index (χ0v) is 18.4. The van der Waals surface area contributed by atoms with Crippen molar-refractivity contribution in [1.82, 2.24) is 15.5 Å². The Morgan fingerprint density at radius 2 is 2.03 bits per heavy atom. The minimum atomic E-state index is 0.390. The molecule has 1 unspecified atom stereocenters. The number of guanidine groups is 1. The van der Waals surface area contributed by atoms with Crippen LogP contribution in [0.5, 0.6) is 11.5 Å². The highest BCUT2D eigenvalue weighted by Gasteiger charge is 2.24. The van der Waals surface area contributed by atoms with E-state index in [1.807, 2.05) is 43.5 Å². The van der Waals surface area contributed by atoms with Crippen molar-refractivity contribution in [3.63, 3.8) is 0 Å². The van der Waals surface area contributed by atoms with Crippen molar-refractivity contribution in [2.24, 2.45) is 4.99 Å². The summed E-state index contributed by atoms with van der Waals surface area (Å²) in [5.41, 5.74) is 1.11. The van der Waals surface area contributed by atoms with Crippen LogP contribution in [0, 0.1) is 0 Å². The zero-order valence-electron chi connectivity index (χ0n) is 17.6. The van der Waals surface area contributed by atoms with Gasteiger partial charge >= 0.3 is 0 Å². The predicted molar refractivity (Wildman–Crippen MR) is 120 cm³/mol. The fourth-order valence-electron chi connectivity index (χ4n) is 3.64. The van der Waals surface area contributed by atoms with Crippen molar-refractivity contribution in [2.45, 2.75) is 32.4 Å². The first-order valence-corrected chi connectivity index (χ1v) is 11.1. The highest BCUT2D eigenvalue weighted by Crippen LogP contribution is 2.29. The summed E-state index contributed by atoms with van der Waals surface area (Å²) in [6.07, 6.45) is 2.57. The maximum Gasteiger partial charge on any atom is 0.191 e. The van der Waals surface area contributed by atoms with E-state index in [1.165, 1.54) is 30.8 Å². The van der Waals surface area contributed by atoms with Crippen LogP contribution in [0.25, 0.3) is 0 Å². The number of hydrogen-bond donors (Lipinski definition) is 2. The number of methoxy groups -OCH3 is 1. The van der Waals surface area contributed by atoms with Crippen LogP contribution >= 0.6 is 11.3 Å². The van der Waals surface area contributed by atoms with Gasteiger partial charge in [0.2, 0.25) is 0 Å². The minimum Gasteiger partial charge on any atom is -0.493 e. The molecule has 7 heteroatoms. The van der Waals surface area contributed by atoms with Crippen LogP contribution in [-0.2, 0) is 6.54 Å². The van der Waals surface area contributed by atoms with Gasteiger partial charge in [0.25, 0.3) is 0 Å². The maximum absolute atomic E-state index is 5.59. The van der Waals surface area contributed by atoms with Crippen molar-refractivity contribution in [1.29, 1.82) is 0 Å². The van der Waals surface area contributed by atoms with Gasteiger partial charge in [-0.15, -0.1) is 11.3 Å². The molecule has 1 fully saturated rings. The third-order valence-corrected chi connectivity index (χ3v) is 6.10. The standard InChI is InChI=1S/C22H32N4O2S/c1-4-28-19-10-9-17(14-20(19)27-3)15-24-22(23-2)25-16-18(21-8-7-13-29-21)26-11-5-6-12-26/h7-10,13-14,18H,4-6,11-12,15-16H2,1-3H3,(H2,23,24,25). The summed E-state index contributed by atoms with van der Waals surface area (Å²) in [5, 5.41) is 9.08. The summed E-state index contributed by atoms with van der Waals surface area (Å²) < 4.78 is 11.0. The number of ether oxygens (including phenoxy) is 2. The van der Waals surface area contributed by atoms with Gasteiger partial charge in [-0.05, 0) is 62.0 Å². The normalized spacial score (nSPS) is 15.9. The van der Waals surface area contributed by atoms with E-state index in [0.717, 1.165) is 29.6 Å². The minimum absolute atomic E-state index is 0.390. The lowest BCUT2D eigenvalue weighted by Gasteiger charge is -2.27. The van der Waals surface area contributed by atoms with Gasteiger partial charge in [0, 0.05) is 25.0 Å². The van der Waals surface area contributed by atoms with Gasteiger partial charge in [-0.3, -0.25) is 9.89 Å². The Bertz CT molecular complexity index is 773. The highest BCUT2D eigenvalue weighted by atomic mass is 32.1. The fraction of sp³-hybridized carbons (Fsp3) is 0.500. The molecule has 1 aromatic heterocycles. The molecule has 0 bridgehead atoms. The van der Waals surface area contributed by atoms with E-state index in [2.05, 4.69) is 38.0 Å². The maximum atomic E-state index is 5.59. The van der Waals surface area contributed by atoms with E-state index < -0.39 is 0 Å². The van der Waals surface area contributed by atoms with E-state index in [0.29, 0.717) is 19.2 Å². The topological polar surface area (TPSA) is 58.1 Å². The molecule has 3 rings (SSSR count). The molecule has 2 N–H and O–H groups in total. The molecule has 1 aromatic carbocycles. The van der Waals surface area contributed by atoms with E-state index >= 15 is 0 Å². The highest BCUT2D eigenvalue weighted by molar-refractivity contribution is 7.10. The van der Waals surface area contributed by atoms with Crippen LogP contribution < -0.4 is 20.1 Å². The molecule has 2 heterocycles. The molecule has 29 heavy (non-hydrogen) atoms. The predicted octanol–water partition coefficient (Wildman–Crippen LogP) is 3.66. The number of nitrogens with zero attached hydrogens (tertiary/aromatic N) is 2. The number of likely N-dealkylation sites (tertiary alicyclic amines) is 1. The average molecular weight is 417 g/mol. The van der Waals surface area contributed by atoms with Crippen molar-refractivity contribution in [3.8, 4) is 11.5 Å². The van der Waals surface area contributed by atoms with Gasteiger partial charge in [0.15, 0.2) is 17.5 Å². The van der Waals surface area contributed by atoms with Crippen LogP contribution in [0.3, 0.4) is 0 Å². The van der Waals surface area contributed by atoms with Crippen LogP contribution in [-0.4, -0.2) is 51.3 Å². The average Bonchev–Trinajstić information content (AvgIpc) is 3.46. The first-order valence-electron chi connectivity index (χ1n) is 10.3. The lowest BCUT2D eigenvalue weighted by molar-refractivity contribution is 0.249. The van der Waals surface area contributed by atoms with E-state index in [-0.39, 0.29) is 0 Å². The largest absolute Gasteiger partial charge is 0.493 e. The Hall–Kier alpha value is -2.25. The monoisotopic (exact) mass is 416 g/mol. The molecule has 1 aliphatic rings. The Morgan fingerprint density at radius 3 is 2.69 bits per heavy atom. The number of thiophene rings is 1. The molecule has 0 amide bonds. The smallest absolute Gasteiger partial charge is 0.191 e. The van der Waals surface area contributed by atoms with Crippen LogP contribution in [0.2, 0.25) is 0 Å². The summed E-state index contributed by atoms with van der Waals surface area (Å²) >= 11 is 1.83. The third kappa shape index (κ3) is 5.87. The van der Waals surface area contributed by atoms with Gasteiger partial charge < -0.3 is 20.1 Å². The second kappa shape index (κ2) is 11.1. The molecule has 1 aliphatic heterocycles. The molecule has 0 radical (unpaired) electrons. The van der Waals surface area contributed by atoms with Gasteiger partial charge in [-0.1, -0.05) is 12.1 Å². The quantitative estimate of drug-likeness (QED) is 0.483. The number of aliphatic imine (C=N–C) groups is 1. The Balaban J connectivity index is 1.57. The van der Waals surface area contributed by atoms with Gasteiger partial charge in [-0.25, -0.2) is 0 Å². The molecular weight excluding hydrogens is 384 g/mol. The summed E-state index contributed by atoms with van der Waals surface area (Å²) in [5.74, 6) is 2.32. The molecule has 0 saturated carbocycles. The Kier molecular flexibility index (Phi) is 8.19. The van der Waals surface area contributed by atoms with E-state index in [9.17, 15) is 0 Å². The summed E-state index contributed by atoms with van der Waals surface area (Å²) in [6.45, 7) is 6.43. The first kappa shape index (κ1) is 21.5. The molecule has 0 aliphatic carbocycles. The number of nitrogens with one attached hydrogen (secondary N) is 2. The second-order valence-electron chi connectivity index (χ2n) is 7.00. The number of benzene rings is 1. The molecule has 2 aromatic rings. The molecule has 6 nitrogen and oxygen atoms in total. The number of hydrogen-bond acceptors (Lipinski definition) is 5. The van der Waals surface area contributed by atoms with Crippen molar-refractivity contribution < 1.29 is 9.47 Å². The van der Waals surface area contributed by atoms with Gasteiger partial charge in [0.05, 0.1) is 19.8 Å². The van der Waals surface area contributed by atoms with Crippen LogP contribution in [0.1, 0.15) is 36.2 Å². The Morgan fingerprint density at radius 1 is 1.21 bits per heavy atom. The second-order valence-corrected chi connectivity index (χ2v) is 7.98. The van der Waals surface area contributed by atoms with Crippen molar-refractivity contribution in [3.05, 3.63) is 46.2 Å². The fourth-order valence-corrected chi connectivity index (χ4v) is 4.50. The van der Waals surface area contributed by atoms with Gasteiger partial charge in [0.1, 0.15) is 0 Å². The van der Waals surface area contributed by atoms with E-state index in [1.54, 1.807) is 7.11 Å². The van der Waals surface area contributed by atoms with Crippen molar-refractivity contribution in [2.75, 3.05) is 40.4 Å². The zero-order chi connectivity index (χ0) is 20.5. The summed E-state index contributed by atoms with van der Waals surface area (Å²) in [6, 6.07) is 10.8. The van der Waals surface area contributed by atoms with Crippen LogP contribution in [0.15, 0.2) is 40.7 Å².